The number of benzene rings is 2. The van der Waals surface area contributed by atoms with E-state index in [1.54, 1.807) is 6.08 Å². The van der Waals surface area contributed by atoms with Gasteiger partial charge in [-0.2, -0.15) is 0 Å². The van der Waals surface area contributed by atoms with Crippen molar-refractivity contribution >= 4 is 17.5 Å². The molecule has 2 aromatic rings. The maximum atomic E-state index is 13.0. The maximum Gasteiger partial charge on any atom is 0.271 e. The zero-order chi connectivity index (χ0) is 20.9. The molecular weight excluding hydrogens is 376 g/mol. The Morgan fingerprint density at radius 1 is 0.967 bits per heavy atom. The highest BCUT2D eigenvalue weighted by molar-refractivity contribution is 6.01. The van der Waals surface area contributed by atoms with E-state index in [0.717, 1.165) is 37.3 Å². The highest BCUT2D eigenvalue weighted by atomic mass is 16.2. The van der Waals surface area contributed by atoms with Crippen molar-refractivity contribution in [1.82, 2.24) is 15.2 Å². The zero-order valence-corrected chi connectivity index (χ0v) is 17.4. The summed E-state index contributed by atoms with van der Waals surface area (Å²) in [5.41, 5.74) is 6.72. The number of carbonyl (C=O) groups is 2. The van der Waals surface area contributed by atoms with Crippen molar-refractivity contribution in [2.24, 2.45) is 0 Å². The topological polar surface area (TPSA) is 55.9 Å². The molecule has 2 heterocycles. The predicted molar refractivity (Wildman–Crippen MR) is 118 cm³/mol. The van der Waals surface area contributed by atoms with Gasteiger partial charge in [-0.3, -0.25) is 19.9 Å². The number of nitrogens with zero attached hydrogens (tertiary/aromatic N) is 3. The highest BCUT2D eigenvalue weighted by Crippen LogP contribution is 2.19. The molecule has 2 amide bonds. The van der Waals surface area contributed by atoms with Gasteiger partial charge >= 0.3 is 0 Å². The van der Waals surface area contributed by atoms with Gasteiger partial charge in [0.2, 0.25) is 5.91 Å². The molecule has 0 aromatic heterocycles. The molecule has 0 unspecified atom stereocenters. The number of piperazine rings is 1. The number of hydrazine groups is 1. The van der Waals surface area contributed by atoms with Crippen LogP contribution in [0.3, 0.4) is 0 Å². The van der Waals surface area contributed by atoms with Crippen LogP contribution in [0.15, 0.2) is 66.4 Å². The quantitative estimate of drug-likeness (QED) is 0.832. The van der Waals surface area contributed by atoms with Gasteiger partial charge < -0.3 is 4.90 Å². The first-order valence-electron chi connectivity index (χ1n) is 10.5. The fraction of sp³-hybridized carbons (Fsp3) is 0.333. The SMILES string of the molecule is Cc1ccc(N2NC(C(=O)N3CCN(CCc4ccccc4)CC3)=CCC2=O)cc1. The lowest BCUT2D eigenvalue weighted by molar-refractivity contribution is -0.129. The first-order chi connectivity index (χ1) is 14.6. The Morgan fingerprint density at radius 3 is 2.37 bits per heavy atom. The molecule has 156 valence electrons. The molecule has 1 N–H and O–H groups in total. The van der Waals surface area contributed by atoms with Crippen molar-refractivity contribution in [2.45, 2.75) is 19.8 Å². The first-order valence-corrected chi connectivity index (χ1v) is 10.5. The molecule has 6 heteroatoms. The van der Waals surface area contributed by atoms with E-state index in [2.05, 4.69) is 34.6 Å². The number of amides is 2. The van der Waals surface area contributed by atoms with Crippen molar-refractivity contribution in [3.63, 3.8) is 0 Å². The van der Waals surface area contributed by atoms with Crippen LogP contribution in [0.4, 0.5) is 5.69 Å². The number of hydrogen-bond acceptors (Lipinski definition) is 4. The molecule has 0 spiro atoms. The highest BCUT2D eigenvalue weighted by Gasteiger charge is 2.28. The van der Waals surface area contributed by atoms with Crippen LogP contribution in [-0.2, 0) is 16.0 Å². The van der Waals surface area contributed by atoms with Gasteiger partial charge in [0, 0.05) is 39.1 Å². The molecule has 6 nitrogen and oxygen atoms in total. The van der Waals surface area contributed by atoms with E-state index < -0.39 is 0 Å². The normalized spacial score (nSPS) is 17.5. The Morgan fingerprint density at radius 2 is 1.67 bits per heavy atom. The molecule has 2 aliphatic rings. The van der Waals surface area contributed by atoms with Crippen LogP contribution in [0, 0.1) is 6.92 Å². The molecule has 2 aromatic carbocycles. The van der Waals surface area contributed by atoms with Crippen LogP contribution < -0.4 is 10.4 Å². The number of anilines is 1. The third-order valence-corrected chi connectivity index (χ3v) is 5.70. The maximum absolute atomic E-state index is 13.0. The second kappa shape index (κ2) is 9.13. The molecular formula is C24H28N4O2. The second-order valence-corrected chi connectivity index (χ2v) is 7.87. The van der Waals surface area contributed by atoms with Crippen LogP contribution in [0.1, 0.15) is 17.5 Å². The van der Waals surface area contributed by atoms with Gasteiger partial charge in [-0.1, -0.05) is 48.0 Å². The monoisotopic (exact) mass is 404 g/mol. The Kier molecular flexibility index (Phi) is 6.14. The first kappa shape index (κ1) is 20.2. The van der Waals surface area contributed by atoms with Crippen LogP contribution in [0.2, 0.25) is 0 Å². The van der Waals surface area contributed by atoms with Gasteiger partial charge in [-0.25, -0.2) is 5.01 Å². The van der Waals surface area contributed by atoms with Crippen molar-refractivity contribution < 1.29 is 9.59 Å². The summed E-state index contributed by atoms with van der Waals surface area (Å²) >= 11 is 0. The summed E-state index contributed by atoms with van der Waals surface area (Å²) in [5.74, 6) is -0.108. The van der Waals surface area contributed by atoms with Crippen molar-refractivity contribution in [3.8, 4) is 0 Å². The minimum Gasteiger partial charge on any atom is -0.335 e. The standard InChI is InChI=1S/C24H28N4O2/c1-19-7-9-21(10-8-19)28-23(29)12-11-22(25-28)24(30)27-17-15-26(16-18-27)14-13-20-5-3-2-4-6-20/h2-11,25H,12-18H2,1H3. The Labute approximate surface area is 177 Å². The number of aryl methyl sites for hydroxylation is 1. The number of hydrogen-bond donors (Lipinski definition) is 1. The van der Waals surface area contributed by atoms with E-state index in [9.17, 15) is 9.59 Å². The summed E-state index contributed by atoms with van der Waals surface area (Å²) in [6, 6.07) is 18.2. The summed E-state index contributed by atoms with van der Waals surface area (Å²) in [5, 5.41) is 1.47. The molecule has 0 radical (unpaired) electrons. The van der Waals surface area contributed by atoms with Gasteiger partial charge in [-0.05, 0) is 37.1 Å². The molecule has 0 aliphatic carbocycles. The fourth-order valence-corrected chi connectivity index (χ4v) is 3.82. The van der Waals surface area contributed by atoms with E-state index in [1.807, 2.05) is 42.2 Å². The largest absolute Gasteiger partial charge is 0.335 e. The third kappa shape index (κ3) is 4.71. The van der Waals surface area contributed by atoms with E-state index in [4.69, 9.17) is 0 Å². The molecule has 0 atom stereocenters. The van der Waals surface area contributed by atoms with E-state index in [0.29, 0.717) is 18.8 Å². The van der Waals surface area contributed by atoms with Gasteiger partial charge in [0.05, 0.1) is 5.69 Å². The second-order valence-electron chi connectivity index (χ2n) is 7.87. The number of rotatable bonds is 5. The smallest absolute Gasteiger partial charge is 0.271 e. The summed E-state index contributed by atoms with van der Waals surface area (Å²) in [4.78, 5) is 29.6. The van der Waals surface area contributed by atoms with E-state index in [-0.39, 0.29) is 18.2 Å². The fourth-order valence-electron chi connectivity index (χ4n) is 3.82. The molecule has 2 aliphatic heterocycles. The predicted octanol–water partition coefficient (Wildman–Crippen LogP) is 2.51. The lowest BCUT2D eigenvalue weighted by Crippen LogP contribution is -2.53. The lowest BCUT2D eigenvalue weighted by atomic mass is 10.1. The average Bonchev–Trinajstić information content (AvgIpc) is 2.79. The van der Waals surface area contributed by atoms with E-state index >= 15 is 0 Å². The molecule has 0 bridgehead atoms. The lowest BCUT2D eigenvalue weighted by Gasteiger charge is -2.36. The Bertz CT molecular complexity index is 916. The molecule has 4 rings (SSSR count). The molecule has 1 saturated heterocycles. The minimum absolute atomic E-state index is 0.0395. The average molecular weight is 405 g/mol. The molecule has 30 heavy (non-hydrogen) atoms. The molecule has 0 saturated carbocycles. The van der Waals surface area contributed by atoms with Crippen LogP contribution in [0.25, 0.3) is 0 Å². The van der Waals surface area contributed by atoms with Gasteiger partial charge in [0.25, 0.3) is 5.91 Å². The summed E-state index contributed by atoms with van der Waals surface area (Å²) < 4.78 is 0. The van der Waals surface area contributed by atoms with Gasteiger partial charge in [0.1, 0.15) is 5.70 Å². The van der Waals surface area contributed by atoms with Crippen molar-refractivity contribution in [3.05, 3.63) is 77.5 Å². The van der Waals surface area contributed by atoms with Crippen LogP contribution in [-0.4, -0.2) is 54.3 Å². The Hall–Kier alpha value is -3.12. The van der Waals surface area contributed by atoms with Gasteiger partial charge in [-0.15, -0.1) is 0 Å². The van der Waals surface area contributed by atoms with Gasteiger partial charge in [0.15, 0.2) is 0 Å². The third-order valence-electron chi connectivity index (χ3n) is 5.70. The van der Waals surface area contributed by atoms with E-state index in [1.165, 1.54) is 10.6 Å². The zero-order valence-electron chi connectivity index (χ0n) is 17.4. The van der Waals surface area contributed by atoms with Crippen molar-refractivity contribution in [1.29, 1.82) is 0 Å². The van der Waals surface area contributed by atoms with Crippen LogP contribution in [0.5, 0.6) is 0 Å². The minimum atomic E-state index is -0.0684. The number of carbonyl (C=O) groups excluding carboxylic acids is 2. The number of nitrogens with one attached hydrogen (secondary N) is 1. The summed E-state index contributed by atoms with van der Waals surface area (Å²) in [7, 11) is 0. The Balaban J connectivity index is 1.31. The van der Waals surface area contributed by atoms with Crippen LogP contribution >= 0.6 is 0 Å². The summed E-state index contributed by atoms with van der Waals surface area (Å²) in [6.07, 6.45) is 2.95. The van der Waals surface area contributed by atoms with Crippen molar-refractivity contribution in [2.75, 3.05) is 37.7 Å². The summed E-state index contributed by atoms with van der Waals surface area (Å²) in [6.45, 7) is 6.14. The molecule has 1 fully saturated rings.